The van der Waals surface area contributed by atoms with Crippen molar-refractivity contribution in [1.82, 2.24) is 10.2 Å². The third-order valence-electron chi connectivity index (χ3n) is 6.01. The van der Waals surface area contributed by atoms with Crippen LogP contribution in [0.15, 0.2) is 42.5 Å². The van der Waals surface area contributed by atoms with E-state index in [4.69, 9.17) is 10.00 Å². The van der Waals surface area contributed by atoms with E-state index in [1.54, 1.807) is 30.0 Å². The first kappa shape index (κ1) is 26.2. The lowest BCUT2D eigenvalue weighted by molar-refractivity contribution is -0.124. The number of rotatable bonds is 9. The number of hydrogen-bond donors (Lipinski definition) is 2. The van der Waals surface area contributed by atoms with Crippen molar-refractivity contribution in [1.29, 1.82) is 5.26 Å². The highest BCUT2D eigenvalue weighted by atomic mass is 32.2. The van der Waals surface area contributed by atoms with Crippen molar-refractivity contribution < 1.29 is 22.7 Å². The largest absolute Gasteiger partial charge is 0.375 e. The summed E-state index contributed by atoms with van der Waals surface area (Å²) in [5, 5.41) is 11.4. The van der Waals surface area contributed by atoms with Gasteiger partial charge in [-0.25, -0.2) is 8.42 Å². The lowest BCUT2D eigenvalue weighted by atomic mass is 9.89. The molecule has 1 saturated heterocycles. The van der Waals surface area contributed by atoms with Gasteiger partial charge in [-0.3, -0.25) is 14.3 Å². The number of aryl methyl sites for hydroxylation is 1. The molecule has 2 amide bonds. The van der Waals surface area contributed by atoms with Crippen LogP contribution in [-0.2, 0) is 19.6 Å². The highest BCUT2D eigenvalue weighted by Crippen LogP contribution is 2.29. The predicted octanol–water partition coefficient (Wildman–Crippen LogP) is 2.39. The van der Waals surface area contributed by atoms with Crippen molar-refractivity contribution in [3.8, 4) is 6.07 Å². The fraction of sp³-hybridized carbons (Fsp3) is 0.400. The maximum atomic E-state index is 13.1. The number of ether oxygens (including phenoxy) is 1. The normalized spacial score (nSPS) is 14.3. The quantitative estimate of drug-likeness (QED) is 0.546. The molecule has 3 rings (SSSR count). The molecular formula is C25H30N4O5S. The summed E-state index contributed by atoms with van der Waals surface area (Å²) in [7, 11) is -2.35. The summed E-state index contributed by atoms with van der Waals surface area (Å²) >= 11 is 0. The van der Waals surface area contributed by atoms with Gasteiger partial charge in [0, 0.05) is 32.3 Å². The molecule has 0 aromatic heterocycles. The van der Waals surface area contributed by atoms with Crippen LogP contribution >= 0.6 is 0 Å². The van der Waals surface area contributed by atoms with Gasteiger partial charge in [0.25, 0.3) is 5.91 Å². The summed E-state index contributed by atoms with van der Waals surface area (Å²) in [4.78, 5) is 26.3. The van der Waals surface area contributed by atoms with Crippen LogP contribution in [0.3, 0.4) is 0 Å². The number of nitriles is 1. The van der Waals surface area contributed by atoms with E-state index in [2.05, 4.69) is 16.1 Å². The lowest BCUT2D eigenvalue weighted by Gasteiger charge is -2.32. The number of piperidine rings is 1. The van der Waals surface area contributed by atoms with E-state index in [9.17, 15) is 18.0 Å². The Morgan fingerprint density at radius 2 is 1.83 bits per heavy atom. The van der Waals surface area contributed by atoms with Gasteiger partial charge in [-0.15, -0.1) is 0 Å². The van der Waals surface area contributed by atoms with Crippen LogP contribution in [-0.4, -0.2) is 64.2 Å². The molecule has 0 aliphatic carbocycles. The first-order valence-electron chi connectivity index (χ1n) is 11.4. The molecule has 1 aliphatic rings. The Kier molecular flexibility index (Phi) is 8.84. The zero-order valence-electron chi connectivity index (χ0n) is 19.9. The van der Waals surface area contributed by atoms with Gasteiger partial charge in [-0.2, -0.15) is 5.26 Å². The van der Waals surface area contributed by atoms with Crippen molar-refractivity contribution in [2.45, 2.75) is 25.7 Å². The Morgan fingerprint density at radius 1 is 1.14 bits per heavy atom. The number of amides is 2. The number of carbonyl (C=O) groups excluding carboxylic acids is 2. The summed E-state index contributed by atoms with van der Waals surface area (Å²) in [5.41, 5.74) is 3.24. The Morgan fingerprint density at radius 3 is 2.46 bits per heavy atom. The summed E-state index contributed by atoms with van der Waals surface area (Å²) in [5.74, 6) is -0.510. The monoisotopic (exact) mass is 498 g/mol. The molecule has 2 aromatic rings. The van der Waals surface area contributed by atoms with E-state index in [0.717, 1.165) is 12.8 Å². The van der Waals surface area contributed by atoms with Crippen LogP contribution in [0.1, 0.15) is 45.8 Å². The molecule has 0 saturated carbocycles. The second-order valence-corrected chi connectivity index (χ2v) is 10.4. The fourth-order valence-electron chi connectivity index (χ4n) is 4.02. The first-order chi connectivity index (χ1) is 16.7. The number of likely N-dealkylation sites (tertiary alicyclic amines) is 1. The number of nitrogens with zero attached hydrogens (tertiary/aromatic N) is 2. The van der Waals surface area contributed by atoms with Crippen LogP contribution < -0.4 is 10.0 Å². The number of carbonyl (C=O) groups is 2. The van der Waals surface area contributed by atoms with Crippen molar-refractivity contribution in [2.75, 3.05) is 43.8 Å². The smallest absolute Gasteiger partial charge is 0.253 e. The molecule has 0 unspecified atom stereocenters. The lowest BCUT2D eigenvalue weighted by Crippen LogP contribution is -2.38. The van der Waals surface area contributed by atoms with Gasteiger partial charge in [-0.1, -0.05) is 18.2 Å². The van der Waals surface area contributed by atoms with Gasteiger partial charge in [-0.05, 0) is 61.1 Å². The zero-order valence-corrected chi connectivity index (χ0v) is 20.7. The van der Waals surface area contributed by atoms with Crippen molar-refractivity contribution in [3.63, 3.8) is 0 Å². The molecule has 1 heterocycles. The number of sulfonamides is 1. The highest BCUT2D eigenvalue weighted by molar-refractivity contribution is 7.92. The second kappa shape index (κ2) is 11.8. The minimum absolute atomic E-state index is 0.0522. The number of hydrogen-bond acceptors (Lipinski definition) is 6. The van der Waals surface area contributed by atoms with Crippen molar-refractivity contribution in [2.24, 2.45) is 0 Å². The number of anilines is 1. The molecule has 0 radical (unpaired) electrons. The van der Waals surface area contributed by atoms with E-state index in [-0.39, 0.29) is 24.8 Å². The average molecular weight is 499 g/mol. The topological polar surface area (TPSA) is 129 Å². The molecule has 35 heavy (non-hydrogen) atoms. The third-order valence-corrected chi connectivity index (χ3v) is 7.28. The molecular weight excluding hydrogens is 468 g/mol. The Bertz CT molecular complexity index is 1200. The van der Waals surface area contributed by atoms with E-state index in [1.807, 2.05) is 24.3 Å². The third kappa shape index (κ3) is 7.28. The van der Waals surface area contributed by atoms with Crippen molar-refractivity contribution in [3.05, 3.63) is 64.7 Å². The molecule has 2 aromatic carbocycles. The molecule has 0 atom stereocenters. The van der Waals surface area contributed by atoms with Gasteiger partial charge in [0.05, 0.1) is 23.1 Å². The molecule has 1 fully saturated rings. The highest BCUT2D eigenvalue weighted by Gasteiger charge is 2.25. The number of methoxy groups -OCH3 is 1. The predicted molar refractivity (Wildman–Crippen MR) is 133 cm³/mol. The van der Waals surface area contributed by atoms with Crippen LogP contribution in [0.4, 0.5) is 5.69 Å². The van der Waals surface area contributed by atoms with E-state index >= 15 is 0 Å². The van der Waals surface area contributed by atoms with Gasteiger partial charge < -0.3 is 15.0 Å². The van der Waals surface area contributed by atoms with Gasteiger partial charge in [0.1, 0.15) is 6.61 Å². The molecule has 10 heteroatoms. The summed E-state index contributed by atoms with van der Waals surface area (Å²) < 4.78 is 32.2. The molecule has 186 valence electrons. The van der Waals surface area contributed by atoms with Gasteiger partial charge >= 0.3 is 0 Å². The molecule has 9 nitrogen and oxygen atoms in total. The number of nitrogens with one attached hydrogen (secondary N) is 2. The van der Waals surface area contributed by atoms with E-state index in [1.165, 1.54) is 12.7 Å². The maximum Gasteiger partial charge on any atom is 0.253 e. The average Bonchev–Trinajstić information content (AvgIpc) is 2.85. The minimum atomic E-state index is -3.73. The fourth-order valence-corrected chi connectivity index (χ4v) is 5.05. The molecule has 0 spiro atoms. The summed E-state index contributed by atoms with van der Waals surface area (Å²) in [6.45, 7) is 2.76. The first-order valence-corrected chi connectivity index (χ1v) is 13.0. The van der Waals surface area contributed by atoms with Crippen molar-refractivity contribution >= 4 is 27.5 Å². The standard InChI is InChI=1S/C25H30N4O5S/c1-18-3-6-22(15-23(18)28-35(32,33)14-11-27-24(30)17-34-2)25(31)29-12-9-21(10-13-29)20-7-4-19(16-26)5-8-20/h3-8,15,21,28H,9-14,17H2,1-2H3,(H,27,30). The Labute approximate surface area is 206 Å². The van der Waals surface area contributed by atoms with Crippen LogP contribution in [0, 0.1) is 18.3 Å². The van der Waals surface area contributed by atoms with E-state index < -0.39 is 15.9 Å². The molecule has 0 bridgehead atoms. The Balaban J connectivity index is 1.60. The van der Waals surface area contributed by atoms with Gasteiger partial charge in [0.15, 0.2) is 0 Å². The summed E-state index contributed by atoms with van der Waals surface area (Å²) in [6.07, 6.45) is 1.63. The zero-order chi connectivity index (χ0) is 25.4. The van der Waals surface area contributed by atoms with Crippen LogP contribution in [0.5, 0.6) is 0 Å². The summed E-state index contributed by atoms with van der Waals surface area (Å²) in [6, 6.07) is 14.7. The molecule has 2 N–H and O–H groups in total. The van der Waals surface area contributed by atoms with Crippen LogP contribution in [0.2, 0.25) is 0 Å². The van der Waals surface area contributed by atoms with Crippen LogP contribution in [0.25, 0.3) is 0 Å². The SMILES string of the molecule is COCC(=O)NCCS(=O)(=O)Nc1cc(C(=O)N2CCC(c3ccc(C#N)cc3)CC2)ccc1C. The van der Waals surface area contributed by atoms with Gasteiger partial charge in [0.2, 0.25) is 15.9 Å². The maximum absolute atomic E-state index is 13.1. The Hall–Kier alpha value is -3.42. The number of benzene rings is 2. The van der Waals surface area contributed by atoms with E-state index in [0.29, 0.717) is 41.4 Å². The second-order valence-electron chi connectivity index (χ2n) is 8.53. The molecule has 1 aliphatic heterocycles. The minimum Gasteiger partial charge on any atom is -0.375 e.